The van der Waals surface area contributed by atoms with Crippen LogP contribution in [0.3, 0.4) is 0 Å². The Morgan fingerprint density at radius 2 is 1.45 bits per heavy atom. The van der Waals surface area contributed by atoms with Gasteiger partial charge in [-0.2, -0.15) is 0 Å². The van der Waals surface area contributed by atoms with Crippen LogP contribution in [0.25, 0.3) is 0 Å². The van der Waals surface area contributed by atoms with Crippen molar-refractivity contribution in [2.45, 2.75) is 18.9 Å². The molecule has 0 saturated carbocycles. The highest BCUT2D eigenvalue weighted by molar-refractivity contribution is 6.36. The summed E-state index contributed by atoms with van der Waals surface area (Å²) < 4.78 is 0. The number of nitrogens with zero attached hydrogens (tertiary/aromatic N) is 2. The molecule has 29 heavy (non-hydrogen) atoms. The first-order valence-electron chi connectivity index (χ1n) is 9.38. The lowest BCUT2D eigenvalue weighted by Gasteiger charge is -2.21. The van der Waals surface area contributed by atoms with E-state index in [1.807, 2.05) is 30.5 Å². The number of pyridine rings is 2. The topological polar surface area (TPSA) is 66.9 Å². The van der Waals surface area contributed by atoms with Gasteiger partial charge in [0.25, 0.3) is 0 Å². The Bertz CT molecular complexity index is 902. The molecule has 0 aliphatic rings. The molecule has 1 aromatic carbocycles. The van der Waals surface area contributed by atoms with Crippen LogP contribution in [0.15, 0.2) is 67.3 Å². The largest absolute Gasteiger partial charge is 0.354 e. The number of amides is 1. The van der Waals surface area contributed by atoms with Crippen molar-refractivity contribution in [3.63, 3.8) is 0 Å². The second kappa shape index (κ2) is 10.9. The third-order valence-corrected chi connectivity index (χ3v) is 5.13. The number of hydrogen-bond donors (Lipinski definition) is 2. The fraction of sp³-hybridized carbons (Fsp3) is 0.227. The van der Waals surface area contributed by atoms with E-state index in [-0.39, 0.29) is 5.91 Å². The highest BCUT2D eigenvalue weighted by atomic mass is 35.5. The van der Waals surface area contributed by atoms with Gasteiger partial charge in [0.15, 0.2) is 0 Å². The van der Waals surface area contributed by atoms with Crippen molar-refractivity contribution in [1.29, 1.82) is 0 Å². The van der Waals surface area contributed by atoms with Gasteiger partial charge in [-0.1, -0.05) is 41.4 Å². The lowest BCUT2D eigenvalue weighted by Crippen LogP contribution is -2.39. The van der Waals surface area contributed by atoms with Crippen molar-refractivity contribution in [2.24, 2.45) is 0 Å². The van der Waals surface area contributed by atoms with Gasteiger partial charge in [-0.15, -0.1) is 0 Å². The summed E-state index contributed by atoms with van der Waals surface area (Å²) in [6, 6.07) is 12.3. The molecule has 1 amide bonds. The van der Waals surface area contributed by atoms with Crippen molar-refractivity contribution in [3.05, 3.63) is 94.0 Å². The number of rotatable bonds is 9. The van der Waals surface area contributed by atoms with E-state index in [0.717, 1.165) is 17.5 Å². The normalized spacial score (nSPS) is 11.8. The van der Waals surface area contributed by atoms with E-state index >= 15 is 0 Å². The van der Waals surface area contributed by atoms with Gasteiger partial charge in [-0.25, -0.2) is 0 Å². The predicted molar refractivity (Wildman–Crippen MR) is 116 cm³/mol. The van der Waals surface area contributed by atoms with E-state index in [9.17, 15) is 4.79 Å². The number of carbonyl (C=O) groups excluding carboxylic acids is 1. The minimum atomic E-state index is -0.651. The van der Waals surface area contributed by atoms with Crippen LogP contribution >= 0.6 is 23.2 Å². The molecule has 0 spiro atoms. The summed E-state index contributed by atoms with van der Waals surface area (Å²) in [5.41, 5.74) is 2.73. The average Bonchev–Trinajstić information content (AvgIpc) is 2.74. The van der Waals surface area contributed by atoms with Crippen LogP contribution in [-0.4, -0.2) is 29.0 Å². The maximum atomic E-state index is 13.0. The van der Waals surface area contributed by atoms with Crippen LogP contribution in [0, 0.1) is 0 Å². The van der Waals surface area contributed by atoms with Gasteiger partial charge in [0.1, 0.15) is 6.04 Å². The van der Waals surface area contributed by atoms with Gasteiger partial charge in [0.05, 0.1) is 0 Å². The Labute approximate surface area is 180 Å². The molecule has 0 bridgehead atoms. The summed E-state index contributed by atoms with van der Waals surface area (Å²) in [5.74, 6) is -0.171. The van der Waals surface area contributed by atoms with Gasteiger partial charge < -0.3 is 10.6 Å². The Morgan fingerprint density at radius 3 is 2.00 bits per heavy atom. The van der Waals surface area contributed by atoms with E-state index < -0.39 is 6.04 Å². The zero-order chi connectivity index (χ0) is 20.5. The molecule has 3 aromatic rings. The highest BCUT2D eigenvalue weighted by Crippen LogP contribution is 2.30. The molecule has 0 saturated heterocycles. The number of halogens is 2. The van der Waals surface area contributed by atoms with Crippen molar-refractivity contribution < 1.29 is 4.79 Å². The summed E-state index contributed by atoms with van der Waals surface area (Å²) in [6.07, 6.45) is 8.49. The van der Waals surface area contributed by atoms with Crippen molar-refractivity contribution in [2.75, 3.05) is 13.1 Å². The maximum Gasteiger partial charge on any atom is 0.241 e. The van der Waals surface area contributed by atoms with Gasteiger partial charge in [-0.05, 0) is 48.2 Å². The van der Waals surface area contributed by atoms with Crippen molar-refractivity contribution in [3.8, 4) is 0 Å². The Kier molecular flexibility index (Phi) is 7.99. The lowest BCUT2D eigenvalue weighted by atomic mass is 10.0. The van der Waals surface area contributed by atoms with E-state index in [2.05, 4.69) is 20.6 Å². The number of hydrogen-bond acceptors (Lipinski definition) is 4. The Balaban J connectivity index is 1.67. The van der Waals surface area contributed by atoms with E-state index in [0.29, 0.717) is 35.1 Å². The molecule has 150 valence electrons. The van der Waals surface area contributed by atoms with Crippen LogP contribution in [-0.2, 0) is 17.6 Å². The molecule has 2 aromatic heterocycles. The maximum absolute atomic E-state index is 13.0. The van der Waals surface area contributed by atoms with E-state index in [1.54, 1.807) is 36.8 Å². The second-order valence-corrected chi connectivity index (χ2v) is 7.35. The summed E-state index contributed by atoms with van der Waals surface area (Å²) in [7, 11) is 0. The second-order valence-electron chi connectivity index (χ2n) is 6.54. The highest BCUT2D eigenvalue weighted by Gasteiger charge is 2.24. The number of aromatic nitrogens is 2. The number of benzene rings is 1. The standard InChI is InChI=1S/C22H22Cl2N4O/c23-18-6-1-7-19(24)20(18)21(27-12-8-16-4-2-10-25-14-16)22(29)28-13-9-17-5-3-11-26-15-17/h1-7,10-11,14-15,21,27H,8-9,12-13H2,(H,28,29). The third-order valence-electron chi connectivity index (χ3n) is 4.47. The monoisotopic (exact) mass is 428 g/mol. The van der Waals surface area contributed by atoms with Crippen LogP contribution in [0.4, 0.5) is 0 Å². The molecule has 2 N–H and O–H groups in total. The summed E-state index contributed by atoms with van der Waals surface area (Å²) in [6.45, 7) is 1.07. The number of carbonyl (C=O) groups is 1. The first-order valence-corrected chi connectivity index (χ1v) is 10.1. The van der Waals surface area contributed by atoms with Crippen molar-refractivity contribution in [1.82, 2.24) is 20.6 Å². The molecule has 5 nitrogen and oxygen atoms in total. The molecular formula is C22H22Cl2N4O. The summed E-state index contributed by atoms with van der Waals surface area (Å²) >= 11 is 12.7. The fourth-order valence-corrected chi connectivity index (χ4v) is 3.61. The fourth-order valence-electron chi connectivity index (χ4n) is 3.00. The molecule has 2 heterocycles. The minimum absolute atomic E-state index is 0.171. The molecule has 1 atom stereocenters. The molecule has 0 radical (unpaired) electrons. The molecule has 7 heteroatoms. The van der Waals surface area contributed by atoms with E-state index in [4.69, 9.17) is 23.2 Å². The molecular weight excluding hydrogens is 407 g/mol. The quantitative estimate of drug-likeness (QED) is 0.539. The number of nitrogens with one attached hydrogen (secondary N) is 2. The molecule has 0 aliphatic heterocycles. The summed E-state index contributed by atoms with van der Waals surface area (Å²) in [5, 5.41) is 7.18. The van der Waals surface area contributed by atoms with Crippen LogP contribution < -0.4 is 10.6 Å². The van der Waals surface area contributed by atoms with Gasteiger partial charge in [0, 0.05) is 53.5 Å². The van der Waals surface area contributed by atoms with Crippen LogP contribution in [0.5, 0.6) is 0 Å². The predicted octanol–water partition coefficient (Wildman–Crippen LogP) is 4.02. The summed E-state index contributed by atoms with van der Waals surface area (Å²) in [4.78, 5) is 21.2. The van der Waals surface area contributed by atoms with Crippen LogP contribution in [0.1, 0.15) is 22.7 Å². The zero-order valence-corrected chi connectivity index (χ0v) is 17.3. The smallest absolute Gasteiger partial charge is 0.241 e. The molecule has 3 rings (SSSR count). The molecule has 0 aliphatic carbocycles. The zero-order valence-electron chi connectivity index (χ0n) is 15.8. The lowest BCUT2D eigenvalue weighted by molar-refractivity contribution is -0.123. The Morgan fingerprint density at radius 1 is 0.862 bits per heavy atom. The van der Waals surface area contributed by atoms with Crippen molar-refractivity contribution >= 4 is 29.1 Å². The first kappa shape index (κ1) is 21.2. The third kappa shape index (κ3) is 6.26. The Hall–Kier alpha value is -2.47. The van der Waals surface area contributed by atoms with Gasteiger partial charge in [-0.3, -0.25) is 14.8 Å². The first-order chi connectivity index (χ1) is 14.1. The van der Waals surface area contributed by atoms with E-state index in [1.165, 1.54) is 0 Å². The molecule has 0 fully saturated rings. The van der Waals surface area contributed by atoms with Gasteiger partial charge in [0.2, 0.25) is 5.91 Å². The van der Waals surface area contributed by atoms with Crippen LogP contribution in [0.2, 0.25) is 10.0 Å². The SMILES string of the molecule is O=C(NCCc1cccnc1)C(NCCc1cccnc1)c1c(Cl)cccc1Cl. The molecule has 1 unspecified atom stereocenters. The van der Waals surface area contributed by atoms with Gasteiger partial charge >= 0.3 is 0 Å². The average molecular weight is 429 g/mol. The minimum Gasteiger partial charge on any atom is -0.354 e.